The zero-order valence-corrected chi connectivity index (χ0v) is 19.9. The maximum absolute atomic E-state index is 10.8. The minimum atomic E-state index is -0.530. The quantitative estimate of drug-likeness (QED) is 0.269. The standard InChI is InChI=1S/2C8H9NO3.2C2H5.Sn/c2*1-12-7-4-2-6(3-5-7)8(10)9-11;2*1-2;/h2*2-5,11H,1H3,(H,9,10);2*1H2,2H3;. The second kappa shape index (κ2) is 16.6. The summed E-state index contributed by atoms with van der Waals surface area (Å²) in [4.78, 5) is 21.6. The molecule has 0 spiro atoms. The van der Waals surface area contributed by atoms with Crippen LogP contribution in [-0.4, -0.2) is 57.6 Å². The third-order valence-electron chi connectivity index (χ3n) is 3.41. The number of ether oxygens (including phenoxy) is 2. The van der Waals surface area contributed by atoms with Crippen LogP contribution in [-0.2, 0) is 0 Å². The number of amides is 2. The molecule has 2 amide bonds. The molecule has 2 rings (SSSR count). The molecule has 4 N–H and O–H groups in total. The van der Waals surface area contributed by atoms with Gasteiger partial charge in [-0.05, 0) is 48.5 Å². The molecule has 0 saturated heterocycles. The monoisotopic (exact) mass is 512 g/mol. The molecule has 0 unspecified atom stereocenters. The van der Waals surface area contributed by atoms with Crippen molar-refractivity contribution in [1.29, 1.82) is 0 Å². The van der Waals surface area contributed by atoms with Gasteiger partial charge in [0, 0.05) is 11.1 Å². The van der Waals surface area contributed by atoms with Crippen LogP contribution in [0.15, 0.2) is 48.5 Å². The van der Waals surface area contributed by atoms with E-state index in [-0.39, 0.29) is 21.1 Å². The minimum absolute atomic E-state index is 0.218. The van der Waals surface area contributed by atoms with Crippen molar-refractivity contribution in [2.24, 2.45) is 0 Å². The topological polar surface area (TPSA) is 117 Å². The summed E-state index contributed by atoms with van der Waals surface area (Å²) in [6.45, 7) is 4.57. The Labute approximate surface area is 181 Å². The van der Waals surface area contributed by atoms with E-state index in [0.717, 1.165) is 0 Å². The van der Waals surface area contributed by atoms with Crippen LogP contribution < -0.4 is 20.4 Å². The van der Waals surface area contributed by atoms with E-state index in [9.17, 15) is 9.59 Å². The molecule has 2 radical (unpaired) electrons. The van der Waals surface area contributed by atoms with Crippen molar-refractivity contribution in [1.82, 2.24) is 11.0 Å². The molecule has 0 atom stereocenters. The summed E-state index contributed by atoms with van der Waals surface area (Å²) < 4.78 is 12.8. The van der Waals surface area contributed by atoms with Crippen LogP contribution in [0.3, 0.4) is 0 Å². The van der Waals surface area contributed by atoms with Crippen LogP contribution in [0.4, 0.5) is 0 Å². The van der Waals surface area contributed by atoms with E-state index in [1.807, 2.05) is 0 Å². The molecular weight excluding hydrogens is 483 g/mol. The van der Waals surface area contributed by atoms with Crippen molar-refractivity contribution in [3.63, 3.8) is 0 Å². The van der Waals surface area contributed by atoms with Gasteiger partial charge in [-0.3, -0.25) is 20.0 Å². The molecule has 2 aromatic carbocycles. The first-order chi connectivity index (χ1) is 14.0. The van der Waals surface area contributed by atoms with Gasteiger partial charge in [0.15, 0.2) is 0 Å². The van der Waals surface area contributed by atoms with Crippen molar-refractivity contribution in [3.05, 3.63) is 59.7 Å². The SMILES string of the molecule is COc1ccc(C(=O)NO)cc1.COc1ccc(C(=O)NO)cc1.C[CH2][Sn][CH2]C. The number of hydrogen-bond acceptors (Lipinski definition) is 6. The van der Waals surface area contributed by atoms with Crippen LogP contribution in [0.1, 0.15) is 34.6 Å². The molecular formula is C20H28N2O6Sn. The van der Waals surface area contributed by atoms with Gasteiger partial charge in [0.1, 0.15) is 11.5 Å². The molecule has 29 heavy (non-hydrogen) atoms. The van der Waals surface area contributed by atoms with Crippen molar-refractivity contribution in [2.75, 3.05) is 14.2 Å². The Hall–Kier alpha value is -2.30. The second-order valence-electron chi connectivity index (χ2n) is 5.30. The number of carbonyl (C=O) groups excluding carboxylic acids is 2. The predicted molar refractivity (Wildman–Crippen MR) is 111 cm³/mol. The number of rotatable bonds is 6. The molecule has 0 bridgehead atoms. The first-order valence-corrected chi connectivity index (χ1v) is 12.9. The fourth-order valence-corrected chi connectivity index (χ4v) is 3.29. The second-order valence-corrected chi connectivity index (χ2v) is 10.8. The maximum atomic E-state index is 10.8. The molecule has 0 aliphatic rings. The van der Waals surface area contributed by atoms with Gasteiger partial charge in [0.05, 0.1) is 14.2 Å². The summed E-state index contributed by atoms with van der Waals surface area (Å²) in [5.74, 6) is 0.282. The Balaban J connectivity index is 0.000000442. The van der Waals surface area contributed by atoms with Crippen molar-refractivity contribution >= 4 is 33.0 Å². The molecule has 0 aliphatic carbocycles. The molecule has 2 aromatic rings. The van der Waals surface area contributed by atoms with Crippen LogP contribution in [0.5, 0.6) is 11.5 Å². The van der Waals surface area contributed by atoms with E-state index in [2.05, 4.69) is 13.8 Å². The van der Waals surface area contributed by atoms with Crippen LogP contribution in [0.25, 0.3) is 0 Å². The van der Waals surface area contributed by atoms with Gasteiger partial charge in [-0.25, -0.2) is 11.0 Å². The first-order valence-electron chi connectivity index (χ1n) is 8.84. The van der Waals surface area contributed by atoms with Crippen molar-refractivity contribution in [2.45, 2.75) is 22.7 Å². The molecule has 0 aliphatic heterocycles. The van der Waals surface area contributed by atoms with E-state index in [1.165, 1.54) is 19.8 Å². The van der Waals surface area contributed by atoms with E-state index >= 15 is 0 Å². The summed E-state index contributed by atoms with van der Waals surface area (Å²) in [6.07, 6.45) is 0. The van der Waals surface area contributed by atoms with Gasteiger partial charge in [-0.15, -0.1) is 0 Å². The summed E-state index contributed by atoms with van der Waals surface area (Å²) >= 11 is 0.218. The molecule has 9 heteroatoms. The first kappa shape index (κ1) is 26.7. The summed E-state index contributed by atoms with van der Waals surface area (Å²) in [5, 5.41) is 16.6. The summed E-state index contributed by atoms with van der Waals surface area (Å²) in [6, 6.07) is 12.8. The van der Waals surface area contributed by atoms with E-state index in [1.54, 1.807) is 62.8 Å². The van der Waals surface area contributed by atoms with Gasteiger partial charge in [0.25, 0.3) is 11.8 Å². The zero-order chi connectivity index (χ0) is 22.1. The van der Waals surface area contributed by atoms with Crippen LogP contribution in [0.2, 0.25) is 8.87 Å². The third kappa shape index (κ3) is 11.3. The Morgan fingerprint density at radius 2 is 1.07 bits per heavy atom. The van der Waals surface area contributed by atoms with Gasteiger partial charge >= 0.3 is 43.9 Å². The van der Waals surface area contributed by atoms with Gasteiger partial charge in [-0.1, -0.05) is 0 Å². The van der Waals surface area contributed by atoms with Gasteiger partial charge < -0.3 is 9.47 Å². The fourth-order valence-electron chi connectivity index (χ4n) is 1.86. The number of carbonyl (C=O) groups is 2. The third-order valence-corrected chi connectivity index (χ3v) is 6.26. The average molecular weight is 511 g/mol. The molecule has 0 fully saturated rings. The number of methoxy groups -OCH3 is 2. The zero-order valence-electron chi connectivity index (χ0n) is 17.1. The number of hydroxylamine groups is 2. The summed E-state index contributed by atoms with van der Waals surface area (Å²) in [5.41, 5.74) is 3.85. The Kier molecular flexibility index (Phi) is 15.3. The molecule has 0 saturated carbocycles. The Morgan fingerprint density at radius 3 is 1.24 bits per heavy atom. The van der Waals surface area contributed by atoms with Crippen LogP contribution in [0, 0.1) is 0 Å². The number of hydrogen-bond donors (Lipinski definition) is 4. The fraction of sp³-hybridized carbons (Fsp3) is 0.300. The molecule has 0 aromatic heterocycles. The Morgan fingerprint density at radius 1 is 0.759 bits per heavy atom. The van der Waals surface area contributed by atoms with Gasteiger partial charge in [-0.2, -0.15) is 0 Å². The summed E-state index contributed by atoms with van der Waals surface area (Å²) in [7, 11) is 3.09. The van der Waals surface area contributed by atoms with E-state index in [0.29, 0.717) is 22.6 Å². The normalized spacial score (nSPS) is 9.03. The predicted octanol–water partition coefficient (Wildman–Crippen LogP) is 3.20. The Bertz CT molecular complexity index is 646. The van der Waals surface area contributed by atoms with Gasteiger partial charge in [0.2, 0.25) is 0 Å². The molecule has 0 heterocycles. The van der Waals surface area contributed by atoms with Crippen molar-refractivity contribution < 1.29 is 29.5 Å². The molecule has 158 valence electrons. The van der Waals surface area contributed by atoms with E-state index in [4.69, 9.17) is 19.9 Å². The molecule has 8 nitrogen and oxygen atoms in total. The number of benzene rings is 2. The van der Waals surface area contributed by atoms with E-state index < -0.39 is 11.8 Å². The number of nitrogens with one attached hydrogen (secondary N) is 2. The van der Waals surface area contributed by atoms with Crippen LogP contribution >= 0.6 is 0 Å². The average Bonchev–Trinajstić information content (AvgIpc) is 2.79. The van der Waals surface area contributed by atoms with Crippen molar-refractivity contribution in [3.8, 4) is 11.5 Å².